The largest absolute Gasteiger partial charge is 0.503 e. The van der Waals surface area contributed by atoms with Crippen molar-refractivity contribution in [3.05, 3.63) is 37.7 Å². The Morgan fingerprint density at radius 1 is 1.52 bits per heavy atom. The normalized spacial score (nSPS) is 11.0. The Morgan fingerprint density at radius 2 is 2.26 bits per heavy atom. The number of rotatable bonds is 5. The van der Waals surface area contributed by atoms with Gasteiger partial charge in [-0.15, -0.1) is 11.3 Å². The van der Waals surface area contributed by atoms with E-state index in [4.69, 9.17) is 4.74 Å². The minimum Gasteiger partial charge on any atom is -0.503 e. The van der Waals surface area contributed by atoms with Crippen molar-refractivity contribution in [3.63, 3.8) is 0 Å². The summed E-state index contributed by atoms with van der Waals surface area (Å²) in [4.78, 5) is 16.8. The number of nitrogens with one attached hydrogen (secondary N) is 1. The average Bonchev–Trinajstić information content (AvgIpc) is 2.83. The predicted molar refractivity (Wildman–Crippen MR) is 93.6 cm³/mol. The number of phenols is 1. The van der Waals surface area contributed by atoms with E-state index in [1.165, 1.54) is 17.6 Å². The summed E-state index contributed by atoms with van der Waals surface area (Å²) >= 11 is 4.58. The van der Waals surface area contributed by atoms with Gasteiger partial charge in [-0.05, 0) is 54.4 Å². The van der Waals surface area contributed by atoms with Crippen molar-refractivity contribution >= 4 is 39.4 Å². The highest BCUT2D eigenvalue weighted by Crippen LogP contribution is 2.35. The number of nitrogens with zero attached hydrogens (tertiary/aromatic N) is 2. The topological polar surface area (TPSA) is 83.8 Å². The van der Waals surface area contributed by atoms with Gasteiger partial charge in [0.15, 0.2) is 11.5 Å². The lowest BCUT2D eigenvalue weighted by Gasteiger charge is -2.08. The maximum Gasteiger partial charge on any atom is 0.283 e. The number of carbonyl (C=O) groups excluding carboxylic acids is 1. The van der Waals surface area contributed by atoms with Gasteiger partial charge in [0.25, 0.3) is 5.91 Å². The number of carbonyl (C=O) groups is 1. The molecular weight excluding hydrogens is 382 g/mol. The molecule has 1 aromatic heterocycles. The van der Waals surface area contributed by atoms with Crippen LogP contribution in [-0.2, 0) is 0 Å². The maximum absolute atomic E-state index is 12.0. The minimum atomic E-state index is -0.299. The second kappa shape index (κ2) is 7.56. The highest BCUT2D eigenvalue weighted by Gasteiger charge is 2.13. The van der Waals surface area contributed by atoms with Crippen molar-refractivity contribution in [1.29, 1.82) is 0 Å². The van der Waals surface area contributed by atoms with Crippen LogP contribution in [0.3, 0.4) is 0 Å². The molecule has 0 saturated carbocycles. The van der Waals surface area contributed by atoms with Crippen LogP contribution in [0.4, 0.5) is 0 Å². The summed E-state index contributed by atoms with van der Waals surface area (Å²) in [6.45, 7) is 5.89. The number of phenolic OH excluding ortho intramolecular Hbond substituents is 1. The Kier molecular flexibility index (Phi) is 5.73. The Labute approximate surface area is 146 Å². The fourth-order valence-corrected chi connectivity index (χ4v) is 3.16. The molecule has 0 aliphatic carbocycles. The monoisotopic (exact) mass is 397 g/mol. The molecule has 23 heavy (non-hydrogen) atoms. The number of aryl methyl sites for hydroxylation is 2. The van der Waals surface area contributed by atoms with Crippen molar-refractivity contribution in [1.82, 2.24) is 10.4 Å². The molecule has 1 aromatic carbocycles. The molecule has 0 atom stereocenters. The number of halogens is 1. The second-order valence-electron chi connectivity index (χ2n) is 4.63. The minimum absolute atomic E-state index is 0.0313. The molecule has 0 spiro atoms. The summed E-state index contributed by atoms with van der Waals surface area (Å²) in [5.41, 5.74) is 3.83. The molecule has 2 N–H and O–H groups in total. The number of thiazole rings is 1. The number of amides is 1. The number of aromatic hydroxyl groups is 1. The van der Waals surface area contributed by atoms with E-state index in [9.17, 15) is 9.90 Å². The summed E-state index contributed by atoms with van der Waals surface area (Å²) < 4.78 is 5.83. The van der Waals surface area contributed by atoms with E-state index in [1.54, 1.807) is 19.1 Å². The average molecular weight is 398 g/mol. The first-order valence-electron chi connectivity index (χ1n) is 6.85. The van der Waals surface area contributed by atoms with Gasteiger partial charge in [0.1, 0.15) is 4.88 Å². The Hall–Kier alpha value is -1.93. The zero-order chi connectivity index (χ0) is 17.0. The van der Waals surface area contributed by atoms with Gasteiger partial charge in [0.2, 0.25) is 0 Å². The van der Waals surface area contributed by atoms with Crippen molar-refractivity contribution in [2.45, 2.75) is 20.8 Å². The first-order valence-corrected chi connectivity index (χ1v) is 8.46. The van der Waals surface area contributed by atoms with Crippen molar-refractivity contribution in [2.75, 3.05) is 6.61 Å². The number of hydrogen-bond acceptors (Lipinski definition) is 6. The number of aromatic nitrogens is 1. The van der Waals surface area contributed by atoms with Crippen LogP contribution < -0.4 is 10.2 Å². The summed E-state index contributed by atoms with van der Waals surface area (Å²) in [5.74, 6) is 0.0830. The highest BCUT2D eigenvalue weighted by atomic mass is 79.9. The van der Waals surface area contributed by atoms with Crippen LogP contribution in [0.5, 0.6) is 11.5 Å². The maximum atomic E-state index is 12.0. The molecule has 1 heterocycles. The van der Waals surface area contributed by atoms with Gasteiger partial charge in [-0.1, -0.05) is 0 Å². The van der Waals surface area contributed by atoms with Gasteiger partial charge >= 0.3 is 0 Å². The summed E-state index contributed by atoms with van der Waals surface area (Å²) in [6.07, 6.45) is 1.48. The van der Waals surface area contributed by atoms with E-state index in [2.05, 4.69) is 31.4 Å². The molecule has 0 radical (unpaired) electrons. The number of ether oxygens (including phenoxy) is 1. The highest BCUT2D eigenvalue weighted by molar-refractivity contribution is 9.10. The van der Waals surface area contributed by atoms with Crippen LogP contribution in [0.1, 0.15) is 32.9 Å². The first-order chi connectivity index (χ1) is 10.9. The molecule has 0 unspecified atom stereocenters. The van der Waals surface area contributed by atoms with E-state index < -0.39 is 0 Å². The van der Waals surface area contributed by atoms with E-state index in [1.807, 2.05) is 13.8 Å². The zero-order valence-electron chi connectivity index (χ0n) is 12.9. The Balaban J connectivity index is 2.11. The number of hydrazone groups is 1. The summed E-state index contributed by atoms with van der Waals surface area (Å²) in [6, 6.07) is 3.32. The molecule has 1 amide bonds. The lowest BCUT2D eigenvalue weighted by molar-refractivity contribution is 0.0958. The van der Waals surface area contributed by atoms with Crippen LogP contribution in [0.25, 0.3) is 0 Å². The third kappa shape index (κ3) is 4.29. The van der Waals surface area contributed by atoms with Crippen LogP contribution in [-0.4, -0.2) is 28.8 Å². The molecule has 8 heteroatoms. The molecule has 122 valence electrons. The van der Waals surface area contributed by atoms with E-state index in [0.29, 0.717) is 33.0 Å². The molecule has 2 rings (SSSR count). The van der Waals surface area contributed by atoms with Gasteiger partial charge in [-0.2, -0.15) is 5.10 Å². The van der Waals surface area contributed by atoms with Crippen molar-refractivity contribution in [2.24, 2.45) is 5.10 Å². The quantitative estimate of drug-likeness (QED) is 0.598. The van der Waals surface area contributed by atoms with Gasteiger partial charge in [0.05, 0.1) is 28.0 Å². The van der Waals surface area contributed by atoms with Gasteiger partial charge in [0, 0.05) is 0 Å². The van der Waals surface area contributed by atoms with Crippen LogP contribution >= 0.6 is 27.3 Å². The van der Waals surface area contributed by atoms with Crippen LogP contribution in [0.15, 0.2) is 21.7 Å². The molecular formula is C15H16BrN3O3S. The molecule has 0 aliphatic heterocycles. The van der Waals surface area contributed by atoms with Gasteiger partial charge < -0.3 is 9.84 Å². The molecule has 0 bridgehead atoms. The van der Waals surface area contributed by atoms with E-state index in [-0.39, 0.29) is 11.7 Å². The third-order valence-corrected chi connectivity index (χ3v) is 4.52. The zero-order valence-corrected chi connectivity index (χ0v) is 15.3. The molecule has 2 aromatic rings. The molecule has 0 saturated heterocycles. The van der Waals surface area contributed by atoms with Crippen molar-refractivity contribution in [3.8, 4) is 11.5 Å². The number of hydrogen-bond donors (Lipinski definition) is 2. The SMILES string of the molecule is CCOc1cc(/C=N/NC(=O)c2sc(C)nc2C)cc(Br)c1O. The Morgan fingerprint density at radius 3 is 2.87 bits per heavy atom. The van der Waals surface area contributed by atoms with Crippen LogP contribution in [0.2, 0.25) is 0 Å². The summed E-state index contributed by atoms with van der Waals surface area (Å²) in [5, 5.41) is 14.6. The first kappa shape index (κ1) is 17.4. The fraction of sp³-hybridized carbons (Fsp3) is 0.267. The van der Waals surface area contributed by atoms with E-state index >= 15 is 0 Å². The molecule has 6 nitrogen and oxygen atoms in total. The number of benzene rings is 1. The predicted octanol–water partition coefficient (Wildman–Crippen LogP) is 3.39. The third-order valence-electron chi connectivity index (χ3n) is 2.84. The standard InChI is InChI=1S/C15H16BrN3O3S/c1-4-22-12-6-10(5-11(16)13(12)20)7-17-19-15(21)14-8(2)18-9(3)23-14/h5-7,20H,4H2,1-3H3,(H,19,21)/b17-7+. The van der Waals surface area contributed by atoms with Gasteiger partial charge in [-0.25, -0.2) is 10.4 Å². The van der Waals surface area contributed by atoms with Gasteiger partial charge in [-0.3, -0.25) is 4.79 Å². The smallest absolute Gasteiger partial charge is 0.283 e. The van der Waals surface area contributed by atoms with Crippen LogP contribution in [0, 0.1) is 13.8 Å². The molecule has 0 fully saturated rings. The Bertz CT molecular complexity index is 759. The summed E-state index contributed by atoms with van der Waals surface area (Å²) in [7, 11) is 0. The second-order valence-corrected chi connectivity index (χ2v) is 6.69. The van der Waals surface area contributed by atoms with E-state index in [0.717, 1.165) is 5.01 Å². The fourth-order valence-electron chi connectivity index (χ4n) is 1.89. The molecule has 0 aliphatic rings. The van der Waals surface area contributed by atoms with Crippen molar-refractivity contribution < 1.29 is 14.6 Å². The lowest BCUT2D eigenvalue weighted by atomic mass is 10.2. The lowest BCUT2D eigenvalue weighted by Crippen LogP contribution is -2.17.